The molecule has 0 atom stereocenters. The summed E-state index contributed by atoms with van der Waals surface area (Å²) in [6.07, 6.45) is 3.20. The normalized spacial score (nSPS) is 11.1. The molecule has 0 amide bonds. The molecule has 7 heteroatoms. The van der Waals surface area contributed by atoms with E-state index in [0.29, 0.717) is 29.6 Å². The van der Waals surface area contributed by atoms with Gasteiger partial charge in [-0.25, -0.2) is 13.2 Å². The fraction of sp³-hybridized carbons (Fsp3) is 0.188. The molecule has 0 spiro atoms. The number of hydrogen-bond donors (Lipinski definition) is 0. The molecule has 2 aromatic heterocycles. The molecule has 0 saturated heterocycles. The van der Waals surface area contributed by atoms with Gasteiger partial charge in [0.15, 0.2) is 17.5 Å². The zero-order chi connectivity index (χ0) is 16.6. The first-order chi connectivity index (χ1) is 11.0. The number of carbonyl (C=O) groups excluding carboxylic acids is 1. The second-order valence-corrected chi connectivity index (χ2v) is 5.17. The summed E-state index contributed by atoms with van der Waals surface area (Å²) in [6.45, 7) is 1.84. The maximum absolute atomic E-state index is 13.9. The summed E-state index contributed by atoms with van der Waals surface area (Å²) < 4.78 is 41.9. The van der Waals surface area contributed by atoms with Crippen LogP contribution >= 0.6 is 0 Å². The number of aryl methyl sites for hydroxylation is 1. The Balaban J connectivity index is 2.07. The molecule has 118 valence electrons. The van der Waals surface area contributed by atoms with Crippen LogP contribution in [0.25, 0.3) is 22.2 Å². The number of ketones is 1. The summed E-state index contributed by atoms with van der Waals surface area (Å²) in [6, 6.07) is 3.61. The number of hydrogen-bond acceptors (Lipinski definition) is 3. The number of rotatable bonds is 4. The number of benzene rings is 1. The molecule has 0 aliphatic carbocycles. The van der Waals surface area contributed by atoms with Gasteiger partial charge in [-0.05, 0) is 25.1 Å². The fourth-order valence-electron chi connectivity index (χ4n) is 2.29. The van der Waals surface area contributed by atoms with Crippen LogP contribution < -0.4 is 0 Å². The molecular weight excluding hydrogens is 307 g/mol. The van der Waals surface area contributed by atoms with Gasteiger partial charge in [-0.1, -0.05) is 0 Å². The van der Waals surface area contributed by atoms with Crippen molar-refractivity contribution >= 4 is 16.8 Å². The average molecular weight is 319 g/mol. The van der Waals surface area contributed by atoms with Gasteiger partial charge in [0.2, 0.25) is 0 Å². The largest absolute Gasteiger partial charge is 0.300 e. The van der Waals surface area contributed by atoms with E-state index in [4.69, 9.17) is 0 Å². The van der Waals surface area contributed by atoms with Crippen LogP contribution in [-0.2, 0) is 11.3 Å². The van der Waals surface area contributed by atoms with Gasteiger partial charge in [-0.15, -0.1) is 0 Å². The van der Waals surface area contributed by atoms with Crippen molar-refractivity contribution in [1.29, 1.82) is 0 Å². The molecule has 1 aromatic carbocycles. The molecule has 0 bridgehead atoms. The SMILES string of the molecule is CC(=O)CCn1ncc2ncc(-c3ccc(F)c(F)c3F)cc21. The van der Waals surface area contributed by atoms with E-state index < -0.39 is 17.5 Å². The molecular formula is C16H12F3N3O. The summed E-state index contributed by atoms with van der Waals surface area (Å²) >= 11 is 0. The minimum atomic E-state index is -1.52. The number of Topliss-reactive ketones (excluding diaryl/α,β-unsaturated/α-hetero) is 1. The smallest absolute Gasteiger partial charge is 0.195 e. The lowest BCUT2D eigenvalue weighted by atomic mass is 10.1. The number of pyridine rings is 1. The van der Waals surface area contributed by atoms with E-state index in [0.717, 1.165) is 12.1 Å². The Morgan fingerprint density at radius 3 is 2.70 bits per heavy atom. The van der Waals surface area contributed by atoms with E-state index in [1.807, 2.05) is 0 Å². The van der Waals surface area contributed by atoms with Crippen LogP contribution in [0.4, 0.5) is 13.2 Å². The maximum Gasteiger partial charge on any atom is 0.195 e. The number of fused-ring (bicyclic) bond motifs is 1. The molecule has 3 aromatic rings. The first-order valence-corrected chi connectivity index (χ1v) is 6.92. The zero-order valence-corrected chi connectivity index (χ0v) is 12.2. The summed E-state index contributed by atoms with van der Waals surface area (Å²) in [7, 11) is 0. The minimum Gasteiger partial charge on any atom is -0.300 e. The standard InChI is InChI=1S/C16H12F3N3O/c1-9(23)4-5-22-14-6-10(7-20-13(14)8-21-22)11-2-3-12(17)16(19)15(11)18/h2-3,6-8H,4-5H2,1H3. The third-order valence-corrected chi connectivity index (χ3v) is 3.52. The fourth-order valence-corrected chi connectivity index (χ4v) is 2.29. The Kier molecular flexibility index (Phi) is 3.85. The lowest BCUT2D eigenvalue weighted by molar-refractivity contribution is -0.117. The lowest BCUT2D eigenvalue weighted by Crippen LogP contribution is -2.04. The Morgan fingerprint density at radius 1 is 1.17 bits per heavy atom. The highest BCUT2D eigenvalue weighted by atomic mass is 19.2. The van der Waals surface area contributed by atoms with Crippen LogP contribution in [0.2, 0.25) is 0 Å². The molecule has 0 fully saturated rings. The minimum absolute atomic E-state index is 0.0180. The molecule has 2 heterocycles. The molecule has 3 rings (SSSR count). The van der Waals surface area contributed by atoms with Crippen LogP contribution in [0.3, 0.4) is 0 Å². The van der Waals surface area contributed by atoms with Crippen molar-refractivity contribution in [2.24, 2.45) is 0 Å². The van der Waals surface area contributed by atoms with Gasteiger partial charge in [0, 0.05) is 30.3 Å². The van der Waals surface area contributed by atoms with E-state index in [2.05, 4.69) is 10.1 Å². The first-order valence-electron chi connectivity index (χ1n) is 6.92. The van der Waals surface area contributed by atoms with Gasteiger partial charge >= 0.3 is 0 Å². The quantitative estimate of drug-likeness (QED) is 0.692. The Hall–Kier alpha value is -2.70. The van der Waals surface area contributed by atoms with Crippen molar-refractivity contribution in [3.05, 3.63) is 48.0 Å². The maximum atomic E-state index is 13.9. The van der Waals surface area contributed by atoms with Crippen LogP contribution in [0.1, 0.15) is 13.3 Å². The van der Waals surface area contributed by atoms with Crippen molar-refractivity contribution in [2.75, 3.05) is 0 Å². The predicted molar refractivity (Wildman–Crippen MR) is 78.1 cm³/mol. The highest BCUT2D eigenvalue weighted by Gasteiger charge is 2.16. The summed E-state index contributed by atoms with van der Waals surface area (Å²) in [5.41, 5.74) is 1.38. The van der Waals surface area contributed by atoms with Crippen LogP contribution in [0, 0.1) is 17.5 Å². The van der Waals surface area contributed by atoms with Crippen LogP contribution in [0.5, 0.6) is 0 Å². The number of nitrogens with zero attached hydrogens (tertiary/aromatic N) is 3. The molecule has 23 heavy (non-hydrogen) atoms. The molecule has 0 unspecified atom stereocenters. The first kappa shape index (κ1) is 15.2. The van der Waals surface area contributed by atoms with Crippen molar-refractivity contribution < 1.29 is 18.0 Å². The Morgan fingerprint density at radius 2 is 1.96 bits per heavy atom. The van der Waals surface area contributed by atoms with Crippen molar-refractivity contribution in [1.82, 2.24) is 14.8 Å². The highest BCUT2D eigenvalue weighted by molar-refractivity contribution is 5.81. The topological polar surface area (TPSA) is 47.8 Å². The van der Waals surface area contributed by atoms with Gasteiger partial charge in [0.1, 0.15) is 11.3 Å². The molecule has 0 radical (unpaired) electrons. The van der Waals surface area contributed by atoms with E-state index in [-0.39, 0.29) is 11.3 Å². The predicted octanol–water partition coefficient (Wildman–Crippen LogP) is 3.49. The second-order valence-electron chi connectivity index (χ2n) is 5.17. The summed E-state index contributed by atoms with van der Waals surface area (Å²) in [5, 5.41) is 4.13. The lowest BCUT2D eigenvalue weighted by Gasteiger charge is -2.06. The Bertz CT molecular complexity index is 905. The van der Waals surface area contributed by atoms with Crippen molar-refractivity contribution in [2.45, 2.75) is 19.9 Å². The number of carbonyl (C=O) groups is 1. The van der Waals surface area contributed by atoms with Crippen molar-refractivity contribution in [3.63, 3.8) is 0 Å². The van der Waals surface area contributed by atoms with E-state index >= 15 is 0 Å². The molecule has 0 aliphatic heterocycles. The zero-order valence-electron chi connectivity index (χ0n) is 12.2. The van der Waals surface area contributed by atoms with Gasteiger partial charge in [0.05, 0.1) is 11.7 Å². The van der Waals surface area contributed by atoms with Gasteiger partial charge in [-0.3, -0.25) is 14.5 Å². The second kappa shape index (κ2) is 5.83. The van der Waals surface area contributed by atoms with E-state index in [9.17, 15) is 18.0 Å². The van der Waals surface area contributed by atoms with Crippen LogP contribution in [-0.4, -0.2) is 20.5 Å². The van der Waals surface area contributed by atoms with Crippen molar-refractivity contribution in [3.8, 4) is 11.1 Å². The van der Waals surface area contributed by atoms with Gasteiger partial charge < -0.3 is 0 Å². The van der Waals surface area contributed by atoms with E-state index in [1.54, 1.807) is 10.7 Å². The molecule has 4 nitrogen and oxygen atoms in total. The monoisotopic (exact) mass is 319 g/mol. The number of halogens is 3. The average Bonchev–Trinajstić information content (AvgIpc) is 2.93. The summed E-state index contributed by atoms with van der Waals surface area (Å²) in [4.78, 5) is 15.2. The highest BCUT2D eigenvalue weighted by Crippen LogP contribution is 2.27. The Labute approximate surface area is 129 Å². The number of aromatic nitrogens is 3. The third kappa shape index (κ3) is 2.81. The molecule has 0 aliphatic rings. The van der Waals surface area contributed by atoms with Gasteiger partial charge in [-0.2, -0.15) is 5.10 Å². The van der Waals surface area contributed by atoms with Crippen LogP contribution in [0.15, 0.2) is 30.6 Å². The van der Waals surface area contributed by atoms with Gasteiger partial charge in [0.25, 0.3) is 0 Å². The summed E-state index contributed by atoms with van der Waals surface area (Å²) in [5.74, 6) is -4.01. The molecule has 0 saturated carbocycles. The third-order valence-electron chi connectivity index (χ3n) is 3.52. The van der Waals surface area contributed by atoms with E-state index in [1.165, 1.54) is 19.3 Å². The molecule has 0 N–H and O–H groups in total.